The average Bonchev–Trinajstić information content (AvgIpc) is 2.45. The zero-order valence-electron chi connectivity index (χ0n) is 12.7. The van der Waals surface area contributed by atoms with Crippen molar-refractivity contribution in [3.05, 3.63) is 31.5 Å². The fourth-order valence-corrected chi connectivity index (χ4v) is 1.97. The molecule has 0 spiro atoms. The molecule has 0 aromatic carbocycles. The molecule has 0 unspecified atom stereocenters. The molecule has 1 atom stereocenters. The van der Waals surface area contributed by atoms with Gasteiger partial charge in [-0.15, -0.1) is 0 Å². The molecule has 0 aliphatic carbocycles. The van der Waals surface area contributed by atoms with E-state index in [2.05, 4.69) is 20.9 Å². The van der Waals surface area contributed by atoms with Crippen LogP contribution in [0.5, 0.6) is 0 Å². The molecular formula is C13H17BrN2O7. The van der Waals surface area contributed by atoms with Gasteiger partial charge >= 0.3 is 17.6 Å². The lowest BCUT2D eigenvalue weighted by molar-refractivity contribution is -0.146. The Morgan fingerprint density at radius 2 is 1.78 bits per heavy atom. The van der Waals surface area contributed by atoms with Crippen LogP contribution in [0.2, 0.25) is 0 Å². The van der Waals surface area contributed by atoms with E-state index < -0.39 is 29.4 Å². The van der Waals surface area contributed by atoms with Gasteiger partial charge < -0.3 is 14.2 Å². The van der Waals surface area contributed by atoms with E-state index in [1.54, 1.807) is 0 Å². The van der Waals surface area contributed by atoms with Crippen molar-refractivity contribution in [2.45, 2.75) is 26.5 Å². The Kier molecular flexibility index (Phi) is 7.69. The zero-order chi connectivity index (χ0) is 17.4. The standard InChI is InChI=1S/C13H17BrN2O7/c1-8(17)21-4-3-11(23-6-5-22-9(2)18)16-7-10(14)12(19)15-13(16)20/h7,11H,3-6H2,1-2H3,(H,15,19,20)/t11-/m1/s1. The summed E-state index contributed by atoms with van der Waals surface area (Å²) >= 11 is 3.03. The second-order valence-electron chi connectivity index (χ2n) is 4.44. The van der Waals surface area contributed by atoms with Gasteiger partial charge in [0, 0.05) is 26.5 Å². The van der Waals surface area contributed by atoms with Gasteiger partial charge in [0.1, 0.15) is 12.8 Å². The molecule has 0 bridgehead atoms. The van der Waals surface area contributed by atoms with Gasteiger partial charge in [0.25, 0.3) is 5.56 Å². The highest BCUT2D eigenvalue weighted by molar-refractivity contribution is 9.10. The number of hydrogen-bond donors (Lipinski definition) is 1. The molecule has 1 aromatic heterocycles. The number of hydrogen-bond acceptors (Lipinski definition) is 7. The summed E-state index contributed by atoms with van der Waals surface area (Å²) in [4.78, 5) is 46.9. The van der Waals surface area contributed by atoms with Gasteiger partial charge in [-0.25, -0.2) is 4.79 Å². The minimum Gasteiger partial charge on any atom is -0.466 e. The molecule has 0 radical (unpaired) electrons. The SMILES string of the molecule is CC(=O)OCCO[C@H](CCOC(C)=O)n1cc(Br)c(=O)[nH]c1=O. The molecule has 9 nitrogen and oxygen atoms in total. The van der Waals surface area contributed by atoms with E-state index in [4.69, 9.17) is 14.2 Å². The van der Waals surface area contributed by atoms with Crippen LogP contribution in [0, 0.1) is 0 Å². The van der Waals surface area contributed by atoms with Crippen LogP contribution in [0.4, 0.5) is 0 Å². The highest BCUT2D eigenvalue weighted by Crippen LogP contribution is 2.13. The van der Waals surface area contributed by atoms with Crippen LogP contribution in [0.3, 0.4) is 0 Å². The molecule has 1 rings (SSSR count). The summed E-state index contributed by atoms with van der Waals surface area (Å²) in [7, 11) is 0. The van der Waals surface area contributed by atoms with Crippen molar-refractivity contribution in [1.29, 1.82) is 0 Å². The second kappa shape index (κ2) is 9.26. The molecule has 1 heterocycles. The largest absolute Gasteiger partial charge is 0.466 e. The molecule has 128 valence electrons. The number of rotatable bonds is 8. The number of aromatic amines is 1. The fourth-order valence-electron chi connectivity index (χ4n) is 1.65. The van der Waals surface area contributed by atoms with Crippen LogP contribution in [0.15, 0.2) is 20.3 Å². The first-order chi connectivity index (χ1) is 10.8. The lowest BCUT2D eigenvalue weighted by Crippen LogP contribution is -2.34. The number of ether oxygens (including phenoxy) is 3. The van der Waals surface area contributed by atoms with Gasteiger partial charge in [-0.2, -0.15) is 0 Å². The lowest BCUT2D eigenvalue weighted by atomic mass is 10.4. The van der Waals surface area contributed by atoms with Crippen molar-refractivity contribution in [3.8, 4) is 0 Å². The fraction of sp³-hybridized carbons (Fsp3) is 0.538. The smallest absolute Gasteiger partial charge is 0.330 e. The van der Waals surface area contributed by atoms with Gasteiger partial charge in [-0.3, -0.25) is 23.9 Å². The van der Waals surface area contributed by atoms with Gasteiger partial charge in [0.15, 0.2) is 0 Å². The molecule has 0 saturated heterocycles. The zero-order valence-corrected chi connectivity index (χ0v) is 14.3. The van der Waals surface area contributed by atoms with Crippen molar-refractivity contribution in [2.75, 3.05) is 19.8 Å². The minimum atomic E-state index is -0.800. The number of esters is 2. The molecule has 0 aliphatic rings. The lowest BCUT2D eigenvalue weighted by Gasteiger charge is -2.20. The number of nitrogens with one attached hydrogen (secondary N) is 1. The Morgan fingerprint density at radius 1 is 1.17 bits per heavy atom. The molecule has 0 aliphatic heterocycles. The Hall–Kier alpha value is -1.94. The molecule has 0 fully saturated rings. The van der Waals surface area contributed by atoms with Crippen LogP contribution in [-0.2, 0) is 23.8 Å². The highest BCUT2D eigenvalue weighted by atomic mass is 79.9. The molecule has 1 N–H and O–H groups in total. The predicted molar refractivity (Wildman–Crippen MR) is 81.9 cm³/mol. The summed E-state index contributed by atoms with van der Waals surface area (Å²) in [5, 5.41) is 0. The molecule has 0 saturated carbocycles. The number of carbonyl (C=O) groups excluding carboxylic acids is 2. The molecular weight excluding hydrogens is 376 g/mol. The van der Waals surface area contributed by atoms with Crippen LogP contribution in [-0.4, -0.2) is 41.3 Å². The summed E-state index contributed by atoms with van der Waals surface area (Å²) in [5.74, 6) is -0.910. The van der Waals surface area contributed by atoms with Gasteiger partial charge in [0.2, 0.25) is 0 Å². The van der Waals surface area contributed by atoms with Crippen molar-refractivity contribution >= 4 is 27.9 Å². The van der Waals surface area contributed by atoms with Crippen LogP contribution in [0.25, 0.3) is 0 Å². The van der Waals surface area contributed by atoms with Gasteiger partial charge in [0.05, 0.1) is 17.7 Å². The number of aromatic nitrogens is 2. The third kappa shape index (κ3) is 6.78. The molecule has 23 heavy (non-hydrogen) atoms. The second-order valence-corrected chi connectivity index (χ2v) is 5.29. The monoisotopic (exact) mass is 392 g/mol. The van der Waals surface area contributed by atoms with Crippen LogP contribution in [0.1, 0.15) is 26.5 Å². The Balaban J connectivity index is 2.83. The van der Waals surface area contributed by atoms with Crippen LogP contribution < -0.4 is 11.2 Å². The molecule has 10 heteroatoms. The normalized spacial score (nSPS) is 11.8. The predicted octanol–water partition coefficient (Wildman–Crippen LogP) is 0.331. The Bertz CT molecular complexity index is 667. The number of nitrogens with zero attached hydrogens (tertiary/aromatic N) is 1. The van der Waals surface area contributed by atoms with Crippen molar-refractivity contribution in [3.63, 3.8) is 0 Å². The summed E-state index contributed by atoms with van der Waals surface area (Å²) in [5.41, 5.74) is -1.23. The highest BCUT2D eigenvalue weighted by Gasteiger charge is 2.16. The quantitative estimate of drug-likeness (QED) is 0.500. The van der Waals surface area contributed by atoms with E-state index in [1.165, 1.54) is 20.0 Å². The third-order valence-electron chi connectivity index (χ3n) is 2.60. The molecule has 0 amide bonds. The Labute approximate surface area is 139 Å². The van der Waals surface area contributed by atoms with Gasteiger partial charge in [-0.05, 0) is 15.9 Å². The van der Waals surface area contributed by atoms with Crippen LogP contribution >= 0.6 is 15.9 Å². The van der Waals surface area contributed by atoms with E-state index in [-0.39, 0.29) is 30.7 Å². The summed E-state index contributed by atoms with van der Waals surface area (Å²) < 4.78 is 16.4. The van der Waals surface area contributed by atoms with E-state index in [9.17, 15) is 19.2 Å². The van der Waals surface area contributed by atoms with E-state index >= 15 is 0 Å². The maximum absolute atomic E-state index is 11.9. The summed E-state index contributed by atoms with van der Waals surface area (Å²) in [6.07, 6.45) is 0.661. The first-order valence-electron chi connectivity index (χ1n) is 6.70. The van der Waals surface area contributed by atoms with Crippen molar-refractivity contribution in [1.82, 2.24) is 9.55 Å². The maximum atomic E-state index is 11.9. The van der Waals surface area contributed by atoms with Crippen molar-refractivity contribution in [2.24, 2.45) is 0 Å². The number of halogens is 1. The number of H-pyrrole nitrogens is 1. The molecule has 1 aromatic rings. The van der Waals surface area contributed by atoms with Crippen molar-refractivity contribution < 1.29 is 23.8 Å². The summed E-state index contributed by atoms with van der Waals surface area (Å²) in [6.45, 7) is 2.60. The first-order valence-corrected chi connectivity index (χ1v) is 7.50. The average molecular weight is 393 g/mol. The Morgan fingerprint density at radius 3 is 2.39 bits per heavy atom. The summed E-state index contributed by atoms with van der Waals surface area (Å²) in [6, 6.07) is 0. The van der Waals surface area contributed by atoms with Gasteiger partial charge in [-0.1, -0.05) is 0 Å². The van der Waals surface area contributed by atoms with E-state index in [0.29, 0.717) is 0 Å². The number of carbonyl (C=O) groups is 2. The van der Waals surface area contributed by atoms with E-state index in [1.807, 2.05) is 0 Å². The third-order valence-corrected chi connectivity index (χ3v) is 3.17. The minimum absolute atomic E-state index is 0.0126. The first kappa shape index (κ1) is 19.1. The van der Waals surface area contributed by atoms with E-state index in [0.717, 1.165) is 4.57 Å². The maximum Gasteiger partial charge on any atom is 0.330 e. The topological polar surface area (TPSA) is 117 Å².